The first-order chi connectivity index (χ1) is 9.44. The maximum atomic E-state index is 12.1. The summed E-state index contributed by atoms with van der Waals surface area (Å²) in [4.78, 5) is 3.72. The van der Waals surface area contributed by atoms with Gasteiger partial charge in [-0.3, -0.25) is 0 Å². The Bertz CT molecular complexity index is 580. The molecule has 1 aliphatic rings. The van der Waals surface area contributed by atoms with Gasteiger partial charge in [-0.1, -0.05) is 29.6 Å². The van der Waals surface area contributed by atoms with Crippen molar-refractivity contribution in [1.29, 1.82) is 0 Å². The summed E-state index contributed by atoms with van der Waals surface area (Å²) in [6.07, 6.45) is 4.06. The van der Waals surface area contributed by atoms with Crippen LogP contribution in [0.1, 0.15) is 19.3 Å². The summed E-state index contributed by atoms with van der Waals surface area (Å²) >= 11 is 11.4. The summed E-state index contributed by atoms with van der Waals surface area (Å²) in [6.45, 7) is 0.411. The molecule has 0 aliphatic heterocycles. The second-order valence-electron chi connectivity index (χ2n) is 4.93. The number of aliphatic hydroxyl groups excluding tert-OH is 1. The standard InChI is InChI=1S/C12H16Cl2N2O3S/c13-11-4-10(6-15-12(11)14)20(18,19)16-5-8-2-1-3-9(8)7-17/h4,6,8-9,16-17H,1-3,5,7H2. The first-order valence-corrected chi connectivity index (χ1v) is 8.59. The average molecular weight is 339 g/mol. The molecule has 1 aromatic heterocycles. The molecule has 2 N–H and O–H groups in total. The van der Waals surface area contributed by atoms with Crippen molar-refractivity contribution in [3.63, 3.8) is 0 Å². The van der Waals surface area contributed by atoms with Crippen molar-refractivity contribution in [2.24, 2.45) is 11.8 Å². The Hall–Kier alpha value is -0.400. The Balaban J connectivity index is 2.05. The summed E-state index contributed by atoms with van der Waals surface area (Å²) in [7, 11) is -3.66. The van der Waals surface area contributed by atoms with E-state index >= 15 is 0 Å². The Morgan fingerprint density at radius 3 is 2.70 bits per heavy atom. The molecule has 2 rings (SSSR count). The van der Waals surface area contributed by atoms with Gasteiger partial charge in [0.05, 0.1) is 5.02 Å². The van der Waals surface area contributed by atoms with E-state index in [9.17, 15) is 13.5 Å². The molecule has 1 saturated carbocycles. The van der Waals surface area contributed by atoms with E-state index < -0.39 is 10.0 Å². The van der Waals surface area contributed by atoms with E-state index in [-0.39, 0.29) is 33.5 Å². The fourth-order valence-corrected chi connectivity index (χ4v) is 3.87. The summed E-state index contributed by atoms with van der Waals surface area (Å²) in [6, 6.07) is 1.28. The van der Waals surface area contributed by atoms with Crippen molar-refractivity contribution >= 4 is 33.2 Å². The predicted octanol–water partition coefficient (Wildman–Crippen LogP) is 2.08. The SMILES string of the molecule is O=S(=O)(NCC1CCCC1CO)c1cnc(Cl)c(Cl)c1. The van der Waals surface area contributed by atoms with Gasteiger partial charge in [0, 0.05) is 19.3 Å². The maximum absolute atomic E-state index is 12.1. The fraction of sp³-hybridized carbons (Fsp3) is 0.583. The molecule has 1 fully saturated rings. The number of nitrogens with one attached hydrogen (secondary N) is 1. The van der Waals surface area contributed by atoms with Crippen molar-refractivity contribution in [1.82, 2.24) is 9.71 Å². The minimum Gasteiger partial charge on any atom is -0.396 e. The minimum atomic E-state index is -3.66. The molecule has 0 aromatic carbocycles. The van der Waals surface area contributed by atoms with Gasteiger partial charge in [0.15, 0.2) is 0 Å². The third kappa shape index (κ3) is 3.62. The van der Waals surface area contributed by atoms with Crippen LogP contribution in [0.5, 0.6) is 0 Å². The quantitative estimate of drug-likeness (QED) is 0.805. The van der Waals surface area contributed by atoms with Gasteiger partial charge in [0.1, 0.15) is 10.0 Å². The first kappa shape index (κ1) is 16.0. The molecule has 0 spiro atoms. The Morgan fingerprint density at radius 2 is 2.05 bits per heavy atom. The predicted molar refractivity (Wildman–Crippen MR) is 77.4 cm³/mol. The molecular formula is C12H16Cl2N2O3S. The smallest absolute Gasteiger partial charge is 0.242 e. The molecular weight excluding hydrogens is 323 g/mol. The van der Waals surface area contributed by atoms with Crippen molar-refractivity contribution in [2.75, 3.05) is 13.2 Å². The van der Waals surface area contributed by atoms with Crippen LogP contribution in [0.3, 0.4) is 0 Å². The van der Waals surface area contributed by atoms with Crippen LogP contribution in [0.2, 0.25) is 10.2 Å². The number of aliphatic hydroxyl groups is 1. The molecule has 1 aromatic rings. The molecule has 0 bridgehead atoms. The Labute approximate surface area is 128 Å². The first-order valence-electron chi connectivity index (χ1n) is 6.35. The van der Waals surface area contributed by atoms with E-state index in [4.69, 9.17) is 23.2 Å². The van der Waals surface area contributed by atoms with Gasteiger partial charge in [-0.05, 0) is 30.7 Å². The number of hydrogen-bond acceptors (Lipinski definition) is 4. The van der Waals surface area contributed by atoms with Crippen LogP contribution in [0.4, 0.5) is 0 Å². The molecule has 0 radical (unpaired) electrons. The molecule has 0 amide bonds. The largest absolute Gasteiger partial charge is 0.396 e. The van der Waals surface area contributed by atoms with Crippen molar-refractivity contribution < 1.29 is 13.5 Å². The number of nitrogens with zero attached hydrogens (tertiary/aromatic N) is 1. The van der Waals surface area contributed by atoms with Gasteiger partial charge in [0.2, 0.25) is 10.0 Å². The lowest BCUT2D eigenvalue weighted by Gasteiger charge is -2.17. The molecule has 2 unspecified atom stereocenters. The Kier molecular flexibility index (Phi) is 5.25. The minimum absolute atomic E-state index is 0.00885. The molecule has 112 valence electrons. The molecule has 20 heavy (non-hydrogen) atoms. The van der Waals surface area contributed by atoms with E-state index in [1.54, 1.807) is 0 Å². The zero-order valence-corrected chi connectivity index (χ0v) is 13.0. The highest BCUT2D eigenvalue weighted by molar-refractivity contribution is 7.89. The topological polar surface area (TPSA) is 79.3 Å². The van der Waals surface area contributed by atoms with Gasteiger partial charge < -0.3 is 5.11 Å². The summed E-state index contributed by atoms with van der Waals surface area (Å²) in [5.74, 6) is 0.343. The summed E-state index contributed by atoms with van der Waals surface area (Å²) in [5, 5.41) is 9.40. The second kappa shape index (κ2) is 6.58. The molecule has 1 heterocycles. The van der Waals surface area contributed by atoms with Crippen molar-refractivity contribution in [2.45, 2.75) is 24.2 Å². The van der Waals surface area contributed by atoms with Gasteiger partial charge >= 0.3 is 0 Å². The maximum Gasteiger partial charge on any atom is 0.242 e. The third-order valence-corrected chi connectivity index (χ3v) is 5.74. The van der Waals surface area contributed by atoms with Gasteiger partial charge in [-0.25, -0.2) is 18.1 Å². The number of rotatable bonds is 5. The van der Waals surface area contributed by atoms with E-state index in [0.717, 1.165) is 19.3 Å². The van der Waals surface area contributed by atoms with Crippen LogP contribution < -0.4 is 4.72 Å². The van der Waals surface area contributed by atoms with Crippen LogP contribution in [0.25, 0.3) is 0 Å². The van der Waals surface area contributed by atoms with Crippen LogP contribution >= 0.6 is 23.2 Å². The monoisotopic (exact) mass is 338 g/mol. The van der Waals surface area contributed by atoms with Crippen LogP contribution in [0.15, 0.2) is 17.2 Å². The number of sulfonamides is 1. The highest BCUT2D eigenvalue weighted by Gasteiger charge is 2.28. The third-order valence-electron chi connectivity index (χ3n) is 3.67. The van der Waals surface area contributed by atoms with Crippen molar-refractivity contribution in [3.8, 4) is 0 Å². The van der Waals surface area contributed by atoms with E-state index in [1.165, 1.54) is 12.3 Å². The number of halogens is 2. The van der Waals surface area contributed by atoms with Crippen LogP contribution in [0, 0.1) is 11.8 Å². The van der Waals surface area contributed by atoms with E-state index in [2.05, 4.69) is 9.71 Å². The van der Waals surface area contributed by atoms with Gasteiger partial charge in [-0.2, -0.15) is 0 Å². The van der Waals surface area contributed by atoms with Crippen LogP contribution in [-0.2, 0) is 10.0 Å². The van der Waals surface area contributed by atoms with Gasteiger partial charge in [-0.15, -0.1) is 0 Å². The molecule has 5 nitrogen and oxygen atoms in total. The molecule has 8 heteroatoms. The lowest BCUT2D eigenvalue weighted by atomic mass is 9.97. The molecule has 1 aliphatic carbocycles. The highest BCUT2D eigenvalue weighted by Crippen LogP contribution is 2.31. The summed E-state index contributed by atoms with van der Waals surface area (Å²) < 4.78 is 26.8. The number of pyridine rings is 1. The van der Waals surface area contributed by atoms with Crippen LogP contribution in [-0.4, -0.2) is 31.7 Å². The normalized spacial score (nSPS) is 23.1. The van der Waals surface area contributed by atoms with Crippen molar-refractivity contribution in [3.05, 3.63) is 22.4 Å². The molecule has 2 atom stereocenters. The number of hydrogen-bond donors (Lipinski definition) is 2. The number of aromatic nitrogens is 1. The van der Waals surface area contributed by atoms with Gasteiger partial charge in [0.25, 0.3) is 0 Å². The zero-order chi connectivity index (χ0) is 14.8. The lowest BCUT2D eigenvalue weighted by Crippen LogP contribution is -2.31. The second-order valence-corrected chi connectivity index (χ2v) is 7.46. The van der Waals surface area contributed by atoms with E-state index in [0.29, 0.717) is 6.54 Å². The summed E-state index contributed by atoms with van der Waals surface area (Å²) in [5.41, 5.74) is 0. The highest BCUT2D eigenvalue weighted by atomic mass is 35.5. The average Bonchev–Trinajstić information content (AvgIpc) is 2.87. The Morgan fingerprint density at radius 1 is 1.35 bits per heavy atom. The zero-order valence-electron chi connectivity index (χ0n) is 10.7. The molecule has 0 saturated heterocycles. The fourth-order valence-electron chi connectivity index (χ4n) is 2.47. The van der Waals surface area contributed by atoms with E-state index in [1.807, 2.05) is 0 Å². The lowest BCUT2D eigenvalue weighted by molar-refractivity contribution is 0.195.